The van der Waals surface area contributed by atoms with Gasteiger partial charge in [0.25, 0.3) is 0 Å². The first-order valence-corrected chi connectivity index (χ1v) is 3.17. The molecule has 1 radical (unpaired) electrons. The summed E-state index contributed by atoms with van der Waals surface area (Å²) in [4.78, 5) is 44.1. The van der Waals surface area contributed by atoms with Gasteiger partial charge in [-0.3, -0.25) is 24.9 Å². The van der Waals surface area contributed by atoms with Crippen LogP contribution in [0.25, 0.3) is 0 Å². The van der Waals surface area contributed by atoms with E-state index in [1.54, 1.807) is 9.97 Å². The Morgan fingerprint density at radius 2 is 1.87 bits per heavy atom. The van der Waals surface area contributed by atoms with E-state index in [1.165, 1.54) is 0 Å². The number of carboxylic acid groups (broad SMARTS) is 1. The minimum absolute atomic E-state index is 0. The molecule has 0 bridgehead atoms. The third-order valence-corrected chi connectivity index (χ3v) is 1.31. The van der Waals surface area contributed by atoms with E-state index in [-0.39, 0.29) is 16.8 Å². The van der Waals surface area contributed by atoms with Crippen LogP contribution in [-0.4, -0.2) is 26.0 Å². The third kappa shape index (κ3) is 2.51. The second-order valence-corrected chi connectivity index (χ2v) is 2.19. The number of H-pyrrole nitrogens is 2. The molecule has 0 aliphatic rings. The first kappa shape index (κ1) is 13.1. The fourth-order valence-corrected chi connectivity index (χ4v) is 0.809. The molecule has 0 saturated heterocycles. The van der Waals surface area contributed by atoms with Crippen molar-refractivity contribution in [3.63, 3.8) is 0 Å². The Balaban J connectivity index is 0.00000196. The average Bonchev–Trinajstić information content (AvgIpc) is 2.01. The number of carboxylic acids is 1. The van der Waals surface area contributed by atoms with E-state index in [4.69, 9.17) is 5.11 Å². The number of nitro groups is 1. The van der Waals surface area contributed by atoms with Crippen LogP contribution in [0.3, 0.4) is 0 Å². The smallest absolute Gasteiger partial charge is 0.364 e. The van der Waals surface area contributed by atoms with E-state index in [2.05, 4.69) is 0 Å². The maximum Gasteiger partial charge on any atom is 0.364 e. The van der Waals surface area contributed by atoms with Gasteiger partial charge in [0.2, 0.25) is 5.69 Å². The van der Waals surface area contributed by atoms with Crippen LogP contribution in [0.2, 0.25) is 0 Å². The molecule has 0 aliphatic carbocycles. The number of aromatic amines is 2. The van der Waals surface area contributed by atoms with Crippen LogP contribution in [0.15, 0.2) is 9.59 Å². The summed E-state index contributed by atoms with van der Waals surface area (Å²) in [5, 5.41) is 18.7. The Morgan fingerprint density at radius 3 is 2.27 bits per heavy atom. The normalized spacial score (nSPS) is 9.07. The molecule has 0 spiro atoms. The zero-order valence-electron chi connectivity index (χ0n) is 6.77. The van der Waals surface area contributed by atoms with Gasteiger partial charge in [0, 0.05) is 16.8 Å². The Morgan fingerprint density at radius 1 is 1.33 bits per heavy atom. The van der Waals surface area contributed by atoms with Crippen LogP contribution in [0.5, 0.6) is 0 Å². The number of aromatic carboxylic acids is 1. The summed E-state index contributed by atoms with van der Waals surface area (Å²) in [7, 11) is 0. The summed E-state index contributed by atoms with van der Waals surface area (Å²) < 4.78 is 0. The largest absolute Gasteiger partial charge is 0.476 e. The van der Waals surface area contributed by atoms with Gasteiger partial charge < -0.3 is 5.11 Å². The molecule has 1 heterocycles. The Hall–Kier alpha value is -1.94. The molecule has 3 N–H and O–H groups in total. The van der Waals surface area contributed by atoms with Crippen LogP contribution < -0.4 is 11.2 Å². The predicted octanol–water partition coefficient (Wildman–Crippen LogP) is -1.33. The zero-order valence-corrected chi connectivity index (χ0v) is 7.81. The number of rotatable bonds is 2. The monoisotopic (exact) mass is 260 g/mol. The van der Waals surface area contributed by atoms with Gasteiger partial charge in [0.15, 0.2) is 0 Å². The Kier molecular flexibility index (Phi) is 3.93. The molecule has 10 heteroatoms. The number of carbonyl (C=O) groups is 1. The Bertz CT molecular complexity index is 516. The molecule has 0 aliphatic heterocycles. The fourth-order valence-electron chi connectivity index (χ4n) is 0.809. The second kappa shape index (κ2) is 4.52. The summed E-state index contributed by atoms with van der Waals surface area (Å²) in [5.41, 5.74) is -4.70. The average molecular weight is 260 g/mol. The fraction of sp³-hybridized carbons (Fsp3) is 0. The summed E-state index contributed by atoms with van der Waals surface area (Å²) >= 11 is 0. The molecular formula is C5H3CoN3O6. The minimum Gasteiger partial charge on any atom is -0.476 e. The summed E-state index contributed by atoms with van der Waals surface area (Å²) in [6.07, 6.45) is 0. The van der Waals surface area contributed by atoms with Crippen molar-refractivity contribution < 1.29 is 31.6 Å². The van der Waals surface area contributed by atoms with Crippen LogP contribution in [0, 0.1) is 10.1 Å². The Labute approximate surface area is 90.5 Å². The van der Waals surface area contributed by atoms with Crippen molar-refractivity contribution in [1.82, 2.24) is 9.97 Å². The van der Waals surface area contributed by atoms with E-state index >= 15 is 0 Å². The van der Waals surface area contributed by atoms with Gasteiger partial charge in [-0.1, -0.05) is 0 Å². The first-order chi connectivity index (χ1) is 6.43. The van der Waals surface area contributed by atoms with Gasteiger partial charge in [-0.05, 0) is 0 Å². The SMILES string of the molecule is O=C(O)c1[nH]c(=O)[nH]c(=O)c1[N+](=O)[O-].[Co]. The van der Waals surface area contributed by atoms with Crippen molar-refractivity contribution in [3.8, 4) is 0 Å². The molecule has 0 aromatic carbocycles. The number of hydrogen-bond donors (Lipinski definition) is 3. The van der Waals surface area contributed by atoms with E-state index in [0.29, 0.717) is 0 Å². The summed E-state index contributed by atoms with van der Waals surface area (Å²) in [6, 6.07) is 0. The van der Waals surface area contributed by atoms with Crippen molar-refractivity contribution >= 4 is 11.7 Å². The molecule has 9 nitrogen and oxygen atoms in total. The molecule has 1 rings (SSSR count). The minimum atomic E-state index is -1.75. The molecule has 1 aromatic heterocycles. The van der Waals surface area contributed by atoms with Gasteiger partial charge in [0.05, 0.1) is 4.92 Å². The van der Waals surface area contributed by atoms with E-state index in [9.17, 15) is 24.5 Å². The van der Waals surface area contributed by atoms with E-state index in [0.717, 1.165) is 0 Å². The quantitative estimate of drug-likeness (QED) is 0.443. The van der Waals surface area contributed by atoms with Crippen molar-refractivity contribution in [2.45, 2.75) is 0 Å². The molecule has 0 amide bonds. The number of nitrogens with one attached hydrogen (secondary N) is 2. The van der Waals surface area contributed by atoms with Crippen LogP contribution in [0.4, 0.5) is 5.69 Å². The van der Waals surface area contributed by atoms with E-state index in [1.807, 2.05) is 0 Å². The number of nitrogens with zero attached hydrogens (tertiary/aromatic N) is 1. The van der Waals surface area contributed by atoms with Gasteiger partial charge in [-0.2, -0.15) is 0 Å². The van der Waals surface area contributed by atoms with Gasteiger partial charge in [-0.15, -0.1) is 0 Å². The molecule has 0 saturated carbocycles. The summed E-state index contributed by atoms with van der Waals surface area (Å²) in [5.74, 6) is -1.75. The van der Waals surface area contributed by atoms with Gasteiger partial charge in [-0.25, -0.2) is 9.59 Å². The van der Waals surface area contributed by atoms with Gasteiger partial charge >= 0.3 is 22.9 Å². The molecule has 0 fully saturated rings. The van der Waals surface area contributed by atoms with Crippen LogP contribution in [-0.2, 0) is 16.8 Å². The molecule has 0 atom stereocenters. The number of hydrogen-bond acceptors (Lipinski definition) is 5. The standard InChI is InChI=1S/C5H3N3O6.Co/c9-3-2(8(13)14)1(4(10)11)6-5(12)7-3;/h(H,10,11)(H2,6,7,9,12);. The molecule has 0 unspecified atom stereocenters. The molecule has 83 valence electrons. The zero-order chi connectivity index (χ0) is 10.9. The predicted molar refractivity (Wildman–Crippen MR) is 41.3 cm³/mol. The van der Waals surface area contributed by atoms with Crippen molar-refractivity contribution in [3.05, 3.63) is 36.6 Å². The van der Waals surface area contributed by atoms with Crippen molar-refractivity contribution in [2.75, 3.05) is 0 Å². The van der Waals surface area contributed by atoms with Crippen LogP contribution in [0.1, 0.15) is 10.5 Å². The maximum atomic E-state index is 10.8. The van der Waals surface area contributed by atoms with Crippen LogP contribution >= 0.6 is 0 Å². The van der Waals surface area contributed by atoms with Crippen molar-refractivity contribution in [2.24, 2.45) is 0 Å². The summed E-state index contributed by atoms with van der Waals surface area (Å²) in [6.45, 7) is 0. The molecule has 15 heavy (non-hydrogen) atoms. The second-order valence-electron chi connectivity index (χ2n) is 2.19. The van der Waals surface area contributed by atoms with E-state index < -0.39 is 33.5 Å². The molecule has 1 aromatic rings. The number of aromatic nitrogens is 2. The third-order valence-electron chi connectivity index (χ3n) is 1.31. The topological polar surface area (TPSA) is 146 Å². The first-order valence-electron chi connectivity index (χ1n) is 3.17. The van der Waals surface area contributed by atoms with Gasteiger partial charge in [0.1, 0.15) is 0 Å². The molecular weight excluding hydrogens is 257 g/mol. The van der Waals surface area contributed by atoms with Crippen molar-refractivity contribution in [1.29, 1.82) is 0 Å². The maximum absolute atomic E-state index is 10.8.